The topological polar surface area (TPSA) is 37.4 Å². The molecule has 0 amide bonds. The summed E-state index contributed by atoms with van der Waals surface area (Å²) in [4.78, 5) is 7.71. The third kappa shape index (κ3) is 4.00. The number of anilines is 1. The molecule has 21 heavy (non-hydrogen) atoms. The monoisotopic (exact) mass is 309 g/mol. The molecule has 114 valence electrons. The average Bonchev–Trinajstić information content (AvgIpc) is 2.86. The van der Waals surface area contributed by atoms with Crippen molar-refractivity contribution in [3.05, 3.63) is 46.2 Å². The maximum Gasteiger partial charge on any atom is 0.185 e. The molecule has 4 nitrogen and oxygen atoms in total. The molecule has 0 spiro atoms. The van der Waals surface area contributed by atoms with Gasteiger partial charge in [0.25, 0.3) is 0 Å². The molecule has 0 saturated carbocycles. The molecule has 0 fully saturated rings. The second-order valence-corrected chi connectivity index (χ2v) is 5.84. The molecule has 6 heteroatoms. The van der Waals surface area contributed by atoms with E-state index in [0.717, 1.165) is 22.2 Å². The van der Waals surface area contributed by atoms with Crippen LogP contribution in [0.1, 0.15) is 16.1 Å². The van der Waals surface area contributed by atoms with Crippen LogP contribution in [0.3, 0.4) is 0 Å². The number of aromatic nitrogens is 1. The van der Waals surface area contributed by atoms with E-state index in [1.54, 1.807) is 30.6 Å². The number of hydrogen-bond donors (Lipinski definition) is 1. The first-order valence-electron chi connectivity index (χ1n) is 6.72. The molecule has 1 aromatic heterocycles. The number of rotatable bonds is 7. The minimum absolute atomic E-state index is 0.187. The van der Waals surface area contributed by atoms with Gasteiger partial charge in [0.15, 0.2) is 5.13 Å². The fraction of sp³-hybridized carbons (Fsp3) is 0.400. The van der Waals surface area contributed by atoms with Crippen LogP contribution in [0, 0.1) is 5.82 Å². The molecule has 1 heterocycles. The SMILES string of the molecule is CNCc1sc(N(C)Cc2ccccc2F)nc1COC. The zero-order chi connectivity index (χ0) is 15.2. The Kier molecular flexibility index (Phi) is 5.67. The largest absolute Gasteiger partial charge is 0.378 e. The molecule has 0 unspecified atom stereocenters. The lowest BCUT2D eigenvalue weighted by atomic mass is 10.2. The molecule has 0 aliphatic rings. The summed E-state index contributed by atoms with van der Waals surface area (Å²) in [5.41, 5.74) is 1.60. The van der Waals surface area contributed by atoms with Crippen LogP contribution in [0.2, 0.25) is 0 Å². The van der Waals surface area contributed by atoms with Gasteiger partial charge in [-0.25, -0.2) is 9.37 Å². The number of hydrogen-bond acceptors (Lipinski definition) is 5. The van der Waals surface area contributed by atoms with Gasteiger partial charge in [-0.3, -0.25) is 0 Å². The van der Waals surface area contributed by atoms with E-state index in [2.05, 4.69) is 10.3 Å². The number of ether oxygens (including phenoxy) is 1. The summed E-state index contributed by atoms with van der Waals surface area (Å²) in [6.45, 7) is 1.73. The fourth-order valence-corrected chi connectivity index (χ4v) is 3.07. The van der Waals surface area contributed by atoms with E-state index in [9.17, 15) is 4.39 Å². The maximum atomic E-state index is 13.7. The van der Waals surface area contributed by atoms with Crippen molar-refractivity contribution in [2.45, 2.75) is 19.7 Å². The van der Waals surface area contributed by atoms with Crippen LogP contribution < -0.4 is 10.2 Å². The first-order chi connectivity index (χ1) is 10.2. The van der Waals surface area contributed by atoms with Gasteiger partial charge >= 0.3 is 0 Å². The van der Waals surface area contributed by atoms with Gasteiger partial charge in [0.1, 0.15) is 5.82 Å². The Hall–Kier alpha value is -1.50. The molecule has 1 aromatic carbocycles. The van der Waals surface area contributed by atoms with Crippen molar-refractivity contribution in [3.8, 4) is 0 Å². The second-order valence-electron chi connectivity index (χ2n) is 4.78. The average molecular weight is 309 g/mol. The van der Waals surface area contributed by atoms with E-state index in [4.69, 9.17) is 4.74 Å². The summed E-state index contributed by atoms with van der Waals surface area (Å²) in [7, 11) is 5.48. The quantitative estimate of drug-likeness (QED) is 0.853. The Bertz CT molecular complexity index is 565. The molecular weight excluding hydrogens is 289 g/mol. The Morgan fingerprint density at radius 2 is 2.14 bits per heavy atom. The zero-order valence-corrected chi connectivity index (χ0v) is 13.3. The molecule has 1 N–H and O–H groups in total. The van der Waals surface area contributed by atoms with Crippen LogP contribution in [-0.2, 0) is 24.4 Å². The molecule has 0 bridgehead atoms. The number of nitrogens with zero attached hydrogens (tertiary/aromatic N) is 2. The smallest absolute Gasteiger partial charge is 0.185 e. The van der Waals surface area contributed by atoms with Crippen molar-refractivity contribution in [2.24, 2.45) is 0 Å². The third-order valence-electron chi connectivity index (χ3n) is 3.08. The van der Waals surface area contributed by atoms with Crippen molar-refractivity contribution in [2.75, 3.05) is 26.1 Å². The number of methoxy groups -OCH3 is 1. The van der Waals surface area contributed by atoms with Gasteiger partial charge < -0.3 is 15.0 Å². The van der Waals surface area contributed by atoms with Crippen LogP contribution in [0.25, 0.3) is 0 Å². The summed E-state index contributed by atoms with van der Waals surface area (Å²) in [5, 5.41) is 4.00. The van der Waals surface area contributed by atoms with Gasteiger partial charge in [-0.05, 0) is 13.1 Å². The lowest BCUT2D eigenvalue weighted by molar-refractivity contribution is 0.181. The standard InChI is InChI=1S/C15H20FN3OS/c1-17-8-14-13(10-20-3)18-15(21-14)19(2)9-11-6-4-5-7-12(11)16/h4-7,17H,8-10H2,1-3H3. The predicted molar refractivity (Wildman–Crippen MR) is 84.1 cm³/mol. The fourth-order valence-electron chi connectivity index (χ4n) is 2.03. The summed E-state index contributed by atoms with van der Waals surface area (Å²) in [6.07, 6.45) is 0. The van der Waals surface area contributed by atoms with E-state index in [1.807, 2.05) is 25.1 Å². The highest BCUT2D eigenvalue weighted by molar-refractivity contribution is 7.15. The van der Waals surface area contributed by atoms with E-state index in [0.29, 0.717) is 18.7 Å². The number of nitrogens with one attached hydrogen (secondary N) is 1. The van der Waals surface area contributed by atoms with Crippen molar-refractivity contribution >= 4 is 16.5 Å². The van der Waals surface area contributed by atoms with E-state index in [-0.39, 0.29) is 5.82 Å². The highest BCUT2D eigenvalue weighted by Crippen LogP contribution is 2.27. The lowest BCUT2D eigenvalue weighted by Gasteiger charge is -2.16. The minimum Gasteiger partial charge on any atom is -0.378 e. The van der Waals surface area contributed by atoms with E-state index < -0.39 is 0 Å². The molecule has 0 aliphatic heterocycles. The van der Waals surface area contributed by atoms with Crippen molar-refractivity contribution in [3.63, 3.8) is 0 Å². The number of halogens is 1. The van der Waals surface area contributed by atoms with Crippen LogP contribution in [0.15, 0.2) is 24.3 Å². The lowest BCUT2D eigenvalue weighted by Crippen LogP contribution is -2.17. The Morgan fingerprint density at radius 3 is 2.81 bits per heavy atom. The van der Waals surface area contributed by atoms with Crippen LogP contribution >= 0.6 is 11.3 Å². The third-order valence-corrected chi connectivity index (χ3v) is 4.29. The zero-order valence-electron chi connectivity index (χ0n) is 12.5. The van der Waals surface area contributed by atoms with Crippen molar-refractivity contribution in [1.29, 1.82) is 0 Å². The van der Waals surface area contributed by atoms with Crippen LogP contribution in [0.5, 0.6) is 0 Å². The van der Waals surface area contributed by atoms with Crippen LogP contribution in [-0.4, -0.2) is 26.2 Å². The highest BCUT2D eigenvalue weighted by Gasteiger charge is 2.14. The first-order valence-corrected chi connectivity index (χ1v) is 7.54. The van der Waals surface area contributed by atoms with Crippen molar-refractivity contribution < 1.29 is 9.13 Å². The second kappa shape index (κ2) is 7.49. The Morgan fingerprint density at radius 1 is 1.38 bits per heavy atom. The molecule has 2 rings (SSSR count). The van der Waals surface area contributed by atoms with Gasteiger partial charge in [-0.1, -0.05) is 18.2 Å². The Labute approximate surface area is 128 Å². The van der Waals surface area contributed by atoms with Gasteiger partial charge in [0, 0.05) is 37.7 Å². The molecule has 2 aromatic rings. The predicted octanol–water partition coefficient (Wildman–Crippen LogP) is 2.78. The molecular formula is C15H20FN3OS. The molecule has 0 atom stereocenters. The molecule has 0 radical (unpaired) electrons. The van der Waals surface area contributed by atoms with Gasteiger partial charge in [-0.2, -0.15) is 0 Å². The normalized spacial score (nSPS) is 10.9. The maximum absolute atomic E-state index is 13.7. The highest BCUT2D eigenvalue weighted by atomic mass is 32.1. The van der Waals surface area contributed by atoms with Crippen LogP contribution in [0.4, 0.5) is 9.52 Å². The molecule has 0 aliphatic carbocycles. The van der Waals surface area contributed by atoms with E-state index in [1.165, 1.54) is 6.07 Å². The van der Waals surface area contributed by atoms with Crippen molar-refractivity contribution in [1.82, 2.24) is 10.3 Å². The van der Waals surface area contributed by atoms with Gasteiger partial charge in [-0.15, -0.1) is 11.3 Å². The number of benzene rings is 1. The van der Waals surface area contributed by atoms with Gasteiger partial charge in [0.05, 0.1) is 12.3 Å². The summed E-state index contributed by atoms with van der Waals surface area (Å²) < 4.78 is 18.9. The summed E-state index contributed by atoms with van der Waals surface area (Å²) >= 11 is 1.61. The molecule has 0 saturated heterocycles. The number of thiazole rings is 1. The minimum atomic E-state index is -0.187. The Balaban J connectivity index is 2.17. The first kappa shape index (κ1) is 15.9. The summed E-state index contributed by atoms with van der Waals surface area (Å²) in [5.74, 6) is -0.187. The summed E-state index contributed by atoms with van der Waals surface area (Å²) in [6, 6.07) is 6.82. The van der Waals surface area contributed by atoms with Gasteiger partial charge in [0.2, 0.25) is 0 Å². The van der Waals surface area contributed by atoms with E-state index >= 15 is 0 Å².